The molecule has 0 amide bonds. The van der Waals surface area contributed by atoms with Gasteiger partial charge in [0.1, 0.15) is 11.6 Å². The van der Waals surface area contributed by atoms with Crippen LogP contribution in [0.25, 0.3) is 0 Å². The third-order valence-electron chi connectivity index (χ3n) is 3.53. The molecule has 0 aliphatic heterocycles. The summed E-state index contributed by atoms with van der Waals surface area (Å²) < 4.78 is 27.2. The number of hydrogen-bond acceptors (Lipinski definition) is 1. The molecule has 0 unspecified atom stereocenters. The summed E-state index contributed by atoms with van der Waals surface area (Å²) in [4.78, 5) is 0. The number of rotatable bonds is 4. The second-order valence-corrected chi connectivity index (χ2v) is 5.93. The summed E-state index contributed by atoms with van der Waals surface area (Å²) in [5.74, 6) is -0.520. The zero-order valence-electron chi connectivity index (χ0n) is 10.8. The Hall–Kier alpha value is -1.42. The summed E-state index contributed by atoms with van der Waals surface area (Å²) in [5.41, 5.74) is 2.81. The van der Waals surface area contributed by atoms with Crippen LogP contribution in [-0.2, 0) is 6.54 Å². The summed E-state index contributed by atoms with van der Waals surface area (Å²) in [7, 11) is 0. The first-order valence-corrected chi connectivity index (χ1v) is 7.40. The van der Waals surface area contributed by atoms with Gasteiger partial charge in [-0.25, -0.2) is 8.78 Å². The van der Waals surface area contributed by atoms with Gasteiger partial charge in [-0.2, -0.15) is 0 Å². The van der Waals surface area contributed by atoms with Crippen LogP contribution in [0.15, 0.2) is 40.9 Å². The van der Waals surface area contributed by atoms with Crippen LogP contribution in [0.2, 0.25) is 0 Å². The predicted molar refractivity (Wildman–Crippen MR) is 79.8 cm³/mol. The molecule has 1 nitrogen and oxygen atoms in total. The number of halogens is 3. The molecule has 1 fully saturated rings. The summed E-state index contributed by atoms with van der Waals surface area (Å²) in [5, 5.41) is 3.06. The Kier molecular flexibility index (Phi) is 3.74. The van der Waals surface area contributed by atoms with Gasteiger partial charge in [0.05, 0.1) is 5.69 Å². The fourth-order valence-corrected chi connectivity index (χ4v) is 2.93. The van der Waals surface area contributed by atoms with Gasteiger partial charge in [-0.05, 0) is 51.9 Å². The first-order chi connectivity index (χ1) is 9.65. The van der Waals surface area contributed by atoms with E-state index < -0.39 is 11.6 Å². The largest absolute Gasteiger partial charge is 0.378 e. The van der Waals surface area contributed by atoms with E-state index >= 15 is 0 Å². The molecule has 3 rings (SSSR count). The summed E-state index contributed by atoms with van der Waals surface area (Å²) in [6.07, 6.45) is 2.46. The molecule has 4 heteroatoms. The molecular formula is C16H14BrF2N. The average molecular weight is 338 g/mol. The Balaban J connectivity index is 1.80. The molecule has 0 spiro atoms. The van der Waals surface area contributed by atoms with E-state index in [1.165, 1.54) is 30.0 Å². The maximum Gasteiger partial charge on any atom is 0.150 e. The van der Waals surface area contributed by atoms with Gasteiger partial charge in [0.15, 0.2) is 0 Å². The molecule has 20 heavy (non-hydrogen) atoms. The van der Waals surface area contributed by atoms with Crippen molar-refractivity contribution in [3.05, 3.63) is 63.6 Å². The normalized spacial score (nSPS) is 14.3. The summed E-state index contributed by atoms with van der Waals surface area (Å²) in [6.45, 7) is 0.536. The number of hydrogen-bond donors (Lipinski definition) is 1. The van der Waals surface area contributed by atoms with E-state index in [2.05, 4.69) is 33.4 Å². The fraction of sp³-hybridized carbons (Fsp3) is 0.250. The fourth-order valence-electron chi connectivity index (χ4n) is 2.38. The SMILES string of the molecule is Fc1cc(F)c(NCc2ccccc2C2CC2)c(Br)c1. The van der Waals surface area contributed by atoms with Crippen molar-refractivity contribution < 1.29 is 8.78 Å². The van der Waals surface area contributed by atoms with Crippen molar-refractivity contribution in [2.75, 3.05) is 5.32 Å². The highest BCUT2D eigenvalue weighted by Crippen LogP contribution is 2.41. The topological polar surface area (TPSA) is 12.0 Å². The Bertz CT molecular complexity index is 615. The highest BCUT2D eigenvalue weighted by molar-refractivity contribution is 9.10. The van der Waals surface area contributed by atoms with Crippen LogP contribution in [0.1, 0.15) is 29.9 Å². The van der Waals surface area contributed by atoms with E-state index in [1.54, 1.807) is 0 Å². The highest BCUT2D eigenvalue weighted by atomic mass is 79.9. The van der Waals surface area contributed by atoms with Crippen molar-refractivity contribution in [1.29, 1.82) is 0 Å². The number of benzene rings is 2. The smallest absolute Gasteiger partial charge is 0.150 e. The molecule has 2 aromatic carbocycles. The molecule has 0 heterocycles. The lowest BCUT2D eigenvalue weighted by molar-refractivity contribution is 0.583. The monoisotopic (exact) mass is 337 g/mol. The second-order valence-electron chi connectivity index (χ2n) is 5.07. The van der Waals surface area contributed by atoms with Crippen molar-refractivity contribution in [2.45, 2.75) is 25.3 Å². The van der Waals surface area contributed by atoms with Crippen LogP contribution in [-0.4, -0.2) is 0 Å². The molecule has 0 radical (unpaired) electrons. The first kappa shape index (κ1) is 13.6. The maximum atomic E-state index is 13.8. The van der Waals surface area contributed by atoms with Gasteiger partial charge in [0, 0.05) is 17.1 Å². The Morgan fingerprint density at radius 2 is 1.90 bits per heavy atom. The molecule has 0 saturated heterocycles. The van der Waals surface area contributed by atoms with Crippen LogP contribution in [0.4, 0.5) is 14.5 Å². The van der Waals surface area contributed by atoms with Crippen LogP contribution in [0, 0.1) is 11.6 Å². The van der Waals surface area contributed by atoms with Gasteiger partial charge in [-0.15, -0.1) is 0 Å². The minimum atomic E-state index is -0.585. The quantitative estimate of drug-likeness (QED) is 0.806. The maximum absolute atomic E-state index is 13.8. The predicted octanol–water partition coefficient (Wildman–Crippen LogP) is 5.22. The molecule has 1 N–H and O–H groups in total. The third kappa shape index (κ3) is 2.85. The van der Waals surface area contributed by atoms with Gasteiger partial charge in [0.2, 0.25) is 0 Å². The summed E-state index contributed by atoms with van der Waals surface area (Å²) in [6, 6.07) is 10.4. The highest BCUT2D eigenvalue weighted by Gasteiger charge is 2.25. The van der Waals surface area contributed by atoms with Crippen molar-refractivity contribution in [3.8, 4) is 0 Å². The van der Waals surface area contributed by atoms with E-state index in [0.717, 1.165) is 6.07 Å². The lowest BCUT2D eigenvalue weighted by Gasteiger charge is -2.13. The van der Waals surface area contributed by atoms with Crippen molar-refractivity contribution >= 4 is 21.6 Å². The molecule has 1 aliphatic rings. The number of anilines is 1. The van der Waals surface area contributed by atoms with Gasteiger partial charge in [0.25, 0.3) is 0 Å². The zero-order chi connectivity index (χ0) is 14.1. The Morgan fingerprint density at radius 1 is 1.15 bits per heavy atom. The van der Waals surface area contributed by atoms with Gasteiger partial charge < -0.3 is 5.32 Å². The van der Waals surface area contributed by atoms with E-state index in [0.29, 0.717) is 22.6 Å². The zero-order valence-corrected chi connectivity index (χ0v) is 12.4. The van der Waals surface area contributed by atoms with E-state index in [9.17, 15) is 8.78 Å². The standard InChI is InChI=1S/C16H14BrF2N/c17-14-7-12(18)8-15(19)16(14)20-9-11-3-1-2-4-13(11)10-5-6-10/h1-4,7-8,10,20H,5-6,9H2. The second kappa shape index (κ2) is 5.52. The van der Waals surface area contributed by atoms with Gasteiger partial charge in [-0.1, -0.05) is 24.3 Å². The van der Waals surface area contributed by atoms with E-state index in [1.807, 2.05) is 12.1 Å². The van der Waals surface area contributed by atoms with Crippen molar-refractivity contribution in [2.24, 2.45) is 0 Å². The molecule has 0 aromatic heterocycles. The van der Waals surface area contributed by atoms with Crippen LogP contribution in [0.3, 0.4) is 0 Å². The van der Waals surface area contributed by atoms with Gasteiger partial charge >= 0.3 is 0 Å². The molecule has 0 bridgehead atoms. The molecule has 1 aliphatic carbocycles. The molecule has 104 valence electrons. The molecule has 2 aromatic rings. The van der Waals surface area contributed by atoms with Crippen molar-refractivity contribution in [1.82, 2.24) is 0 Å². The minimum absolute atomic E-state index is 0.303. The first-order valence-electron chi connectivity index (χ1n) is 6.61. The van der Waals surface area contributed by atoms with Crippen molar-refractivity contribution in [3.63, 3.8) is 0 Å². The third-order valence-corrected chi connectivity index (χ3v) is 4.16. The molecule has 1 saturated carbocycles. The summed E-state index contributed by atoms with van der Waals surface area (Å²) >= 11 is 3.19. The molecular weight excluding hydrogens is 324 g/mol. The van der Waals surface area contributed by atoms with Crippen LogP contribution >= 0.6 is 15.9 Å². The Morgan fingerprint density at radius 3 is 2.60 bits per heavy atom. The number of nitrogens with one attached hydrogen (secondary N) is 1. The van der Waals surface area contributed by atoms with Gasteiger partial charge in [-0.3, -0.25) is 0 Å². The Labute approximate surface area is 125 Å². The molecule has 0 atom stereocenters. The minimum Gasteiger partial charge on any atom is -0.378 e. The average Bonchev–Trinajstić information content (AvgIpc) is 3.22. The van der Waals surface area contributed by atoms with E-state index in [-0.39, 0.29) is 0 Å². The van der Waals surface area contributed by atoms with E-state index in [4.69, 9.17) is 0 Å². The van der Waals surface area contributed by atoms with Crippen LogP contribution in [0.5, 0.6) is 0 Å². The lowest BCUT2D eigenvalue weighted by atomic mass is 10.0. The van der Waals surface area contributed by atoms with Crippen LogP contribution < -0.4 is 5.32 Å². The lowest BCUT2D eigenvalue weighted by Crippen LogP contribution is -2.05.